The van der Waals surface area contributed by atoms with Gasteiger partial charge in [-0.2, -0.15) is 0 Å². The lowest BCUT2D eigenvalue weighted by Crippen LogP contribution is -2.51. The molecule has 1 nitrogen and oxygen atoms in total. The second-order valence-corrected chi connectivity index (χ2v) is 12.5. The summed E-state index contributed by atoms with van der Waals surface area (Å²) in [5, 5.41) is 4.02. The maximum Gasteiger partial charge on any atom is 0.0208 e. The van der Waals surface area contributed by atoms with Crippen LogP contribution in [0, 0.1) is 46.8 Å². The van der Waals surface area contributed by atoms with Crippen LogP contribution in [0.1, 0.15) is 103 Å². The van der Waals surface area contributed by atoms with Gasteiger partial charge in [-0.15, -0.1) is 0 Å². The second-order valence-electron chi connectivity index (χ2n) is 12.5. The number of hydrogen-bond donors (Lipinski definition) is 1. The van der Waals surface area contributed by atoms with E-state index in [1.54, 1.807) is 38.5 Å². The van der Waals surface area contributed by atoms with E-state index in [9.17, 15) is 0 Å². The highest BCUT2D eigenvalue weighted by molar-refractivity contribution is 5.15. The topological polar surface area (TPSA) is 12.0 Å². The molecular formula is C31H49N. The third-order valence-electron chi connectivity index (χ3n) is 11.2. The molecule has 0 bridgehead atoms. The predicted molar refractivity (Wildman–Crippen MR) is 136 cm³/mol. The predicted octanol–water partition coefficient (Wildman–Crippen LogP) is 8.24. The van der Waals surface area contributed by atoms with Crippen LogP contribution in [0.2, 0.25) is 0 Å². The van der Waals surface area contributed by atoms with Gasteiger partial charge in [-0.25, -0.2) is 0 Å². The van der Waals surface area contributed by atoms with E-state index >= 15 is 0 Å². The van der Waals surface area contributed by atoms with Gasteiger partial charge in [0.25, 0.3) is 0 Å². The van der Waals surface area contributed by atoms with E-state index in [4.69, 9.17) is 0 Å². The summed E-state index contributed by atoms with van der Waals surface area (Å²) in [6.45, 7) is 8.57. The second kappa shape index (κ2) is 9.81. The summed E-state index contributed by atoms with van der Waals surface area (Å²) in [5.41, 5.74) is 2.02. The Bertz CT molecular complexity index is 727. The van der Waals surface area contributed by atoms with Crippen molar-refractivity contribution in [1.82, 2.24) is 5.32 Å². The van der Waals surface area contributed by atoms with Crippen LogP contribution in [-0.2, 0) is 6.54 Å². The first-order valence-electron chi connectivity index (χ1n) is 14.4. The molecule has 0 saturated heterocycles. The van der Waals surface area contributed by atoms with Crippen molar-refractivity contribution in [1.29, 1.82) is 0 Å². The number of fused-ring (bicyclic) bond motifs is 5. The lowest BCUT2D eigenvalue weighted by molar-refractivity contribution is -0.0723. The van der Waals surface area contributed by atoms with Crippen LogP contribution in [0.25, 0.3) is 0 Å². The molecule has 4 aliphatic rings. The quantitative estimate of drug-likeness (QED) is 0.454. The van der Waals surface area contributed by atoms with Crippen LogP contribution in [-0.4, -0.2) is 6.04 Å². The lowest BCUT2D eigenvalue weighted by Gasteiger charge is -2.57. The third kappa shape index (κ3) is 4.21. The molecule has 9 atom stereocenters. The fourth-order valence-electron chi connectivity index (χ4n) is 9.74. The molecule has 0 aromatic heterocycles. The Kier molecular flexibility index (Phi) is 7.03. The summed E-state index contributed by atoms with van der Waals surface area (Å²) in [6, 6.07) is 11.7. The summed E-state index contributed by atoms with van der Waals surface area (Å²) in [6.07, 6.45) is 18.0. The van der Waals surface area contributed by atoms with Crippen LogP contribution in [0.5, 0.6) is 0 Å². The Morgan fingerprint density at radius 1 is 0.906 bits per heavy atom. The van der Waals surface area contributed by atoms with E-state index < -0.39 is 0 Å². The van der Waals surface area contributed by atoms with E-state index in [0.717, 1.165) is 48.0 Å². The number of nitrogens with one attached hydrogen (secondary N) is 1. The molecule has 0 aliphatic heterocycles. The van der Waals surface area contributed by atoms with Gasteiger partial charge in [-0.1, -0.05) is 70.4 Å². The van der Waals surface area contributed by atoms with E-state index in [1.807, 2.05) is 0 Å². The maximum absolute atomic E-state index is 4.02. The SMILES string of the molecule is CCCC1CC[C@H]2[C@H](CC[C@@H]3[C@@H]2CC[C@]2(C)[C@@H]([C@@H](CC)NCc4ccccc4)CC[C@@H]32)C1. The van der Waals surface area contributed by atoms with Crippen molar-refractivity contribution in [2.45, 2.75) is 110 Å². The zero-order valence-electron chi connectivity index (χ0n) is 21.2. The van der Waals surface area contributed by atoms with Gasteiger partial charge in [0, 0.05) is 12.6 Å². The minimum atomic E-state index is 0.581. The number of hydrogen-bond acceptors (Lipinski definition) is 1. The molecule has 0 heterocycles. The molecule has 0 amide bonds. The number of rotatable bonds is 7. The van der Waals surface area contributed by atoms with Gasteiger partial charge < -0.3 is 5.32 Å². The van der Waals surface area contributed by atoms with Gasteiger partial charge in [0.1, 0.15) is 0 Å². The van der Waals surface area contributed by atoms with Gasteiger partial charge in [-0.05, 0) is 110 Å². The van der Waals surface area contributed by atoms with Crippen molar-refractivity contribution in [2.75, 3.05) is 0 Å². The summed E-state index contributed by atoms with van der Waals surface area (Å²) >= 11 is 0. The third-order valence-corrected chi connectivity index (χ3v) is 11.2. The molecule has 4 saturated carbocycles. The molecule has 1 heteroatoms. The van der Waals surface area contributed by atoms with Crippen LogP contribution >= 0.6 is 0 Å². The minimum absolute atomic E-state index is 0.581. The van der Waals surface area contributed by atoms with Crippen molar-refractivity contribution < 1.29 is 0 Å². The van der Waals surface area contributed by atoms with Gasteiger partial charge in [0.2, 0.25) is 0 Å². The van der Waals surface area contributed by atoms with Crippen molar-refractivity contribution in [3.63, 3.8) is 0 Å². The Morgan fingerprint density at radius 3 is 2.50 bits per heavy atom. The average molecular weight is 436 g/mol. The van der Waals surface area contributed by atoms with Crippen molar-refractivity contribution >= 4 is 0 Å². The van der Waals surface area contributed by atoms with Gasteiger partial charge in [-0.3, -0.25) is 0 Å². The fourth-order valence-corrected chi connectivity index (χ4v) is 9.74. The Balaban J connectivity index is 1.25. The highest BCUT2D eigenvalue weighted by atomic mass is 14.9. The molecule has 32 heavy (non-hydrogen) atoms. The molecule has 1 N–H and O–H groups in total. The first-order chi connectivity index (χ1) is 15.6. The smallest absolute Gasteiger partial charge is 0.0208 e. The van der Waals surface area contributed by atoms with Crippen molar-refractivity contribution in [3.05, 3.63) is 35.9 Å². The molecular weight excluding hydrogens is 386 g/mol. The molecule has 4 fully saturated rings. The molecule has 1 unspecified atom stereocenters. The van der Waals surface area contributed by atoms with Gasteiger partial charge in [0.15, 0.2) is 0 Å². The summed E-state index contributed by atoms with van der Waals surface area (Å²) in [5.74, 6) is 7.24. The first kappa shape index (κ1) is 22.9. The molecule has 0 spiro atoms. The largest absolute Gasteiger partial charge is 0.310 e. The average Bonchev–Trinajstić information content (AvgIpc) is 3.17. The van der Waals surface area contributed by atoms with Crippen molar-refractivity contribution in [3.8, 4) is 0 Å². The summed E-state index contributed by atoms with van der Waals surface area (Å²) in [4.78, 5) is 0. The van der Waals surface area contributed by atoms with E-state index in [2.05, 4.69) is 56.4 Å². The monoisotopic (exact) mass is 435 g/mol. The van der Waals surface area contributed by atoms with Crippen LogP contribution < -0.4 is 5.32 Å². The highest BCUT2D eigenvalue weighted by Crippen LogP contribution is 2.65. The van der Waals surface area contributed by atoms with Crippen LogP contribution in [0.15, 0.2) is 30.3 Å². The van der Waals surface area contributed by atoms with E-state index in [-0.39, 0.29) is 0 Å². The first-order valence-corrected chi connectivity index (χ1v) is 14.4. The Labute approximate surface area is 198 Å². The molecule has 1 aromatic rings. The van der Waals surface area contributed by atoms with Crippen LogP contribution in [0.3, 0.4) is 0 Å². The zero-order valence-corrected chi connectivity index (χ0v) is 21.2. The lowest BCUT2D eigenvalue weighted by atomic mass is 9.49. The Morgan fingerprint density at radius 2 is 1.72 bits per heavy atom. The van der Waals surface area contributed by atoms with E-state index in [1.165, 1.54) is 44.1 Å². The highest BCUT2D eigenvalue weighted by Gasteiger charge is 2.57. The van der Waals surface area contributed by atoms with Crippen molar-refractivity contribution in [2.24, 2.45) is 46.8 Å². The fraction of sp³-hybridized carbons (Fsp3) is 0.806. The molecule has 178 valence electrons. The molecule has 0 radical (unpaired) electrons. The summed E-state index contributed by atoms with van der Waals surface area (Å²) in [7, 11) is 0. The number of benzene rings is 1. The minimum Gasteiger partial charge on any atom is -0.310 e. The summed E-state index contributed by atoms with van der Waals surface area (Å²) < 4.78 is 0. The van der Waals surface area contributed by atoms with Crippen LogP contribution in [0.4, 0.5) is 0 Å². The zero-order chi connectivity index (χ0) is 22.1. The van der Waals surface area contributed by atoms with Gasteiger partial charge >= 0.3 is 0 Å². The standard InChI is InChI=1S/C31H49N/c1-4-9-22-12-14-25-24(20-22)13-15-27-26(25)18-19-31(3)28(27)16-17-29(31)30(5-2)32-21-23-10-7-6-8-11-23/h6-8,10-11,22,24-30,32H,4-5,9,12-21H2,1-3H3/t22?,24-,25+,26-,27-,28+,29-,30-,31+/m1/s1. The molecule has 4 aliphatic carbocycles. The molecule has 1 aromatic carbocycles. The molecule has 5 rings (SSSR count). The Hall–Kier alpha value is -0.820. The maximum atomic E-state index is 4.02. The van der Waals surface area contributed by atoms with E-state index in [0.29, 0.717) is 11.5 Å². The van der Waals surface area contributed by atoms with Gasteiger partial charge in [0.05, 0.1) is 0 Å². The normalized spacial score (nSPS) is 42.0.